The Morgan fingerprint density at radius 3 is 2.71 bits per heavy atom. The van der Waals surface area contributed by atoms with E-state index >= 15 is 0 Å². The normalized spacial score (nSPS) is 19.3. The van der Waals surface area contributed by atoms with Crippen molar-refractivity contribution in [1.82, 2.24) is 10.1 Å². The standard InChI is InChI=1S/C15H24N2O4/c1-3-11(20-2)14-16-12(21-17-14)9-15(10-13(18)19)7-5-4-6-8-15/h11H,3-10H2,1-2H3,(H,18,19). The minimum absolute atomic E-state index is 0.163. The average Bonchev–Trinajstić information content (AvgIpc) is 2.88. The van der Waals surface area contributed by atoms with E-state index in [2.05, 4.69) is 10.1 Å². The Labute approximate surface area is 124 Å². The first-order chi connectivity index (χ1) is 10.1. The fourth-order valence-corrected chi connectivity index (χ4v) is 3.28. The molecular weight excluding hydrogens is 272 g/mol. The van der Waals surface area contributed by atoms with Crippen LogP contribution < -0.4 is 0 Å². The Kier molecular flexibility index (Phi) is 5.33. The molecule has 0 bridgehead atoms. The number of hydrogen-bond donors (Lipinski definition) is 1. The number of carboxylic acid groups (broad SMARTS) is 1. The third-order valence-electron chi connectivity index (χ3n) is 4.39. The van der Waals surface area contributed by atoms with E-state index in [1.807, 2.05) is 6.92 Å². The number of methoxy groups -OCH3 is 1. The van der Waals surface area contributed by atoms with Gasteiger partial charge in [0.2, 0.25) is 11.7 Å². The van der Waals surface area contributed by atoms with E-state index < -0.39 is 5.97 Å². The fraction of sp³-hybridized carbons (Fsp3) is 0.800. The van der Waals surface area contributed by atoms with Crippen molar-refractivity contribution in [2.75, 3.05) is 7.11 Å². The van der Waals surface area contributed by atoms with Crippen molar-refractivity contribution in [3.8, 4) is 0 Å². The van der Waals surface area contributed by atoms with Crippen LogP contribution in [0.4, 0.5) is 0 Å². The number of nitrogens with zero attached hydrogens (tertiary/aromatic N) is 2. The Morgan fingerprint density at radius 1 is 1.43 bits per heavy atom. The quantitative estimate of drug-likeness (QED) is 0.832. The van der Waals surface area contributed by atoms with Gasteiger partial charge in [-0.1, -0.05) is 31.3 Å². The van der Waals surface area contributed by atoms with Gasteiger partial charge in [0.05, 0.1) is 6.42 Å². The van der Waals surface area contributed by atoms with Crippen molar-refractivity contribution in [2.45, 2.75) is 64.4 Å². The van der Waals surface area contributed by atoms with E-state index in [9.17, 15) is 9.90 Å². The number of carbonyl (C=O) groups is 1. The topological polar surface area (TPSA) is 85.5 Å². The van der Waals surface area contributed by atoms with Crippen molar-refractivity contribution in [1.29, 1.82) is 0 Å². The highest BCUT2D eigenvalue weighted by Crippen LogP contribution is 2.42. The highest BCUT2D eigenvalue weighted by molar-refractivity contribution is 5.67. The van der Waals surface area contributed by atoms with Crippen LogP contribution in [0.25, 0.3) is 0 Å². The maximum atomic E-state index is 11.2. The predicted molar refractivity (Wildman–Crippen MR) is 75.8 cm³/mol. The molecular formula is C15H24N2O4. The molecule has 6 heteroatoms. The van der Waals surface area contributed by atoms with Crippen LogP contribution in [0, 0.1) is 5.41 Å². The molecule has 1 saturated carbocycles. The maximum absolute atomic E-state index is 11.2. The maximum Gasteiger partial charge on any atom is 0.303 e. The van der Waals surface area contributed by atoms with Gasteiger partial charge in [-0.15, -0.1) is 0 Å². The van der Waals surface area contributed by atoms with Crippen LogP contribution in [0.15, 0.2) is 4.52 Å². The molecule has 1 fully saturated rings. The SMILES string of the molecule is CCC(OC)c1noc(CC2(CC(=O)O)CCCCC2)n1. The highest BCUT2D eigenvalue weighted by atomic mass is 16.5. The van der Waals surface area contributed by atoms with E-state index in [1.165, 1.54) is 6.42 Å². The number of hydrogen-bond acceptors (Lipinski definition) is 5. The molecule has 1 aromatic heterocycles. The summed E-state index contributed by atoms with van der Waals surface area (Å²) < 4.78 is 10.6. The summed E-state index contributed by atoms with van der Waals surface area (Å²) in [6, 6.07) is 0. The first-order valence-corrected chi connectivity index (χ1v) is 7.65. The molecule has 0 aliphatic heterocycles. The van der Waals surface area contributed by atoms with Crippen molar-refractivity contribution < 1.29 is 19.2 Å². The van der Waals surface area contributed by atoms with Crippen LogP contribution in [0.5, 0.6) is 0 Å². The molecule has 1 unspecified atom stereocenters. The molecule has 1 aliphatic carbocycles. The van der Waals surface area contributed by atoms with Gasteiger partial charge in [0, 0.05) is 13.5 Å². The van der Waals surface area contributed by atoms with Gasteiger partial charge in [-0.25, -0.2) is 0 Å². The number of aromatic nitrogens is 2. The van der Waals surface area contributed by atoms with Gasteiger partial charge in [-0.05, 0) is 24.7 Å². The van der Waals surface area contributed by atoms with E-state index in [0.717, 1.165) is 32.1 Å². The Hall–Kier alpha value is -1.43. The van der Waals surface area contributed by atoms with Crippen molar-refractivity contribution in [3.63, 3.8) is 0 Å². The van der Waals surface area contributed by atoms with Crippen LogP contribution in [0.3, 0.4) is 0 Å². The Morgan fingerprint density at radius 2 is 2.14 bits per heavy atom. The lowest BCUT2D eigenvalue weighted by Gasteiger charge is -2.34. The van der Waals surface area contributed by atoms with E-state index in [0.29, 0.717) is 18.1 Å². The summed E-state index contributed by atoms with van der Waals surface area (Å²) in [6.45, 7) is 2.00. The molecule has 1 atom stereocenters. The zero-order valence-electron chi connectivity index (χ0n) is 12.8. The summed E-state index contributed by atoms with van der Waals surface area (Å²) in [5, 5.41) is 13.2. The molecule has 0 saturated heterocycles. The smallest absolute Gasteiger partial charge is 0.303 e. The average molecular weight is 296 g/mol. The molecule has 6 nitrogen and oxygen atoms in total. The van der Waals surface area contributed by atoms with Crippen LogP contribution in [-0.4, -0.2) is 28.3 Å². The largest absolute Gasteiger partial charge is 0.481 e. The number of carboxylic acids is 1. The molecule has 0 spiro atoms. The van der Waals surface area contributed by atoms with Crippen LogP contribution >= 0.6 is 0 Å². The minimum atomic E-state index is -0.750. The molecule has 0 radical (unpaired) electrons. The van der Waals surface area contributed by atoms with Crippen molar-refractivity contribution >= 4 is 5.97 Å². The minimum Gasteiger partial charge on any atom is -0.481 e. The van der Waals surface area contributed by atoms with Gasteiger partial charge in [-0.3, -0.25) is 4.79 Å². The zero-order valence-corrected chi connectivity index (χ0v) is 12.8. The molecule has 21 heavy (non-hydrogen) atoms. The van der Waals surface area contributed by atoms with Crippen LogP contribution in [0.1, 0.15) is 69.7 Å². The number of ether oxygens (including phenoxy) is 1. The third-order valence-corrected chi connectivity index (χ3v) is 4.39. The second-order valence-electron chi connectivity index (χ2n) is 5.99. The Bertz CT molecular complexity index is 462. The molecule has 2 rings (SSSR count). The fourth-order valence-electron chi connectivity index (χ4n) is 3.28. The Balaban J connectivity index is 2.11. The molecule has 0 amide bonds. The monoisotopic (exact) mass is 296 g/mol. The third kappa shape index (κ3) is 4.03. The first kappa shape index (κ1) is 15.9. The van der Waals surface area contributed by atoms with Crippen LogP contribution in [0.2, 0.25) is 0 Å². The van der Waals surface area contributed by atoms with Gasteiger partial charge in [0.25, 0.3) is 0 Å². The molecule has 0 aromatic carbocycles. The summed E-state index contributed by atoms with van der Waals surface area (Å²) in [5.74, 6) is 0.333. The van der Waals surface area contributed by atoms with Gasteiger partial charge in [0.15, 0.2) is 0 Å². The summed E-state index contributed by atoms with van der Waals surface area (Å²) in [4.78, 5) is 15.6. The summed E-state index contributed by atoms with van der Waals surface area (Å²) in [6.07, 6.45) is 6.49. The van der Waals surface area contributed by atoms with E-state index in [1.54, 1.807) is 7.11 Å². The molecule has 118 valence electrons. The summed E-state index contributed by atoms with van der Waals surface area (Å²) >= 11 is 0. The first-order valence-electron chi connectivity index (χ1n) is 7.65. The molecule has 1 aromatic rings. The second kappa shape index (κ2) is 7.02. The van der Waals surface area contributed by atoms with Gasteiger partial charge >= 0.3 is 5.97 Å². The van der Waals surface area contributed by atoms with Crippen LogP contribution in [-0.2, 0) is 16.0 Å². The lowest BCUT2D eigenvalue weighted by Crippen LogP contribution is -2.30. The lowest BCUT2D eigenvalue weighted by molar-refractivity contribution is -0.140. The summed E-state index contributed by atoms with van der Waals surface area (Å²) in [5.41, 5.74) is -0.233. The zero-order chi connectivity index (χ0) is 15.3. The van der Waals surface area contributed by atoms with E-state index in [4.69, 9.17) is 9.26 Å². The lowest BCUT2D eigenvalue weighted by atomic mass is 9.69. The molecule has 1 heterocycles. The highest BCUT2D eigenvalue weighted by Gasteiger charge is 2.36. The summed E-state index contributed by atoms with van der Waals surface area (Å²) in [7, 11) is 1.62. The number of aliphatic carboxylic acids is 1. The predicted octanol–water partition coefficient (Wildman–Crippen LogP) is 3.13. The second-order valence-corrected chi connectivity index (χ2v) is 5.99. The molecule has 1 aliphatic rings. The van der Waals surface area contributed by atoms with Gasteiger partial charge in [-0.2, -0.15) is 4.98 Å². The molecule has 1 N–H and O–H groups in total. The van der Waals surface area contributed by atoms with Crippen molar-refractivity contribution in [2.24, 2.45) is 5.41 Å². The van der Waals surface area contributed by atoms with Crippen molar-refractivity contribution in [3.05, 3.63) is 11.7 Å². The van der Waals surface area contributed by atoms with E-state index in [-0.39, 0.29) is 17.9 Å². The van der Waals surface area contributed by atoms with Gasteiger partial charge < -0.3 is 14.4 Å². The number of rotatable bonds is 7. The van der Waals surface area contributed by atoms with Gasteiger partial charge in [0.1, 0.15) is 6.10 Å².